The summed E-state index contributed by atoms with van der Waals surface area (Å²) in [5, 5.41) is 4.05. The fraction of sp³-hybridized carbons (Fsp3) is 0.294. The van der Waals surface area contributed by atoms with Gasteiger partial charge in [0.1, 0.15) is 10.6 Å². The molecule has 0 atom stereocenters. The lowest BCUT2D eigenvalue weighted by molar-refractivity contribution is -0.210. The van der Waals surface area contributed by atoms with Crippen LogP contribution in [0.1, 0.15) is 5.56 Å². The Morgan fingerprint density at radius 1 is 1.16 bits per heavy atom. The first-order chi connectivity index (χ1) is 12.0. The lowest BCUT2D eigenvalue weighted by Crippen LogP contribution is -2.36. The molecule has 25 heavy (non-hydrogen) atoms. The van der Waals surface area contributed by atoms with Crippen LogP contribution in [0.3, 0.4) is 0 Å². The molecule has 0 saturated carbocycles. The Hall–Kier alpha value is -1.96. The van der Waals surface area contributed by atoms with Crippen molar-refractivity contribution >= 4 is 32.8 Å². The Labute approximate surface area is 151 Å². The molecule has 1 saturated heterocycles. The maximum absolute atomic E-state index is 13.0. The van der Waals surface area contributed by atoms with E-state index >= 15 is 0 Å². The number of rotatable bonds is 5. The summed E-state index contributed by atoms with van der Waals surface area (Å²) in [4.78, 5) is 2.19. The van der Waals surface area contributed by atoms with Crippen LogP contribution in [0, 0.1) is 0 Å². The molecular formula is C17H19ClN3O3S+. The Balaban J connectivity index is 1.98. The zero-order valence-electron chi connectivity index (χ0n) is 13.6. The molecule has 2 N–H and O–H groups in total. The summed E-state index contributed by atoms with van der Waals surface area (Å²) in [5.74, 6) is -0.207. The Morgan fingerprint density at radius 3 is 2.56 bits per heavy atom. The van der Waals surface area contributed by atoms with Crippen molar-refractivity contribution in [3.63, 3.8) is 0 Å². The normalized spacial score (nSPS) is 15.2. The van der Waals surface area contributed by atoms with Crippen molar-refractivity contribution in [1.82, 2.24) is 0 Å². The molecule has 0 aliphatic carbocycles. The van der Waals surface area contributed by atoms with Crippen LogP contribution in [-0.2, 0) is 20.3 Å². The third-order valence-electron chi connectivity index (χ3n) is 4.10. The predicted molar refractivity (Wildman–Crippen MR) is 95.8 cm³/mol. The molecule has 0 amide bonds. The van der Waals surface area contributed by atoms with Crippen LogP contribution in [0.15, 0.2) is 52.5 Å². The van der Waals surface area contributed by atoms with Crippen LogP contribution in [-0.4, -0.2) is 34.7 Å². The van der Waals surface area contributed by atoms with Gasteiger partial charge in [0.2, 0.25) is 0 Å². The number of morpholine rings is 1. The fourth-order valence-electron chi connectivity index (χ4n) is 2.77. The van der Waals surface area contributed by atoms with E-state index in [4.69, 9.17) is 21.9 Å². The van der Waals surface area contributed by atoms with E-state index in [1.54, 1.807) is 36.4 Å². The van der Waals surface area contributed by atoms with Gasteiger partial charge in [0.15, 0.2) is 9.84 Å². The quantitative estimate of drug-likeness (QED) is 0.804. The molecule has 1 heterocycles. The number of ether oxygens (including phenoxy) is 1. The van der Waals surface area contributed by atoms with Crippen molar-refractivity contribution in [2.75, 3.05) is 31.2 Å². The number of anilines is 1. The standard InChI is InChI=1S/C17H18ClN3O3S/c18-15-4-2-1-3-13(15)12-25(22,23)17-11-14(5-6-16(17)20-19)21-7-9-24-10-8-21/h1-6,11,19H,7-10,12H2/p+1. The first-order valence-electron chi connectivity index (χ1n) is 7.85. The summed E-state index contributed by atoms with van der Waals surface area (Å²) >= 11 is 6.11. The number of hydrogen-bond acceptors (Lipinski definition) is 5. The molecule has 1 aliphatic rings. The van der Waals surface area contributed by atoms with Crippen LogP contribution in [0.2, 0.25) is 5.02 Å². The molecule has 1 fully saturated rings. The molecule has 0 radical (unpaired) electrons. The van der Waals surface area contributed by atoms with Gasteiger partial charge in [-0.25, -0.2) is 8.42 Å². The van der Waals surface area contributed by atoms with Gasteiger partial charge in [-0.3, -0.25) is 0 Å². The Bertz CT molecular complexity index is 880. The second kappa shape index (κ2) is 7.51. The number of nitrogens with two attached hydrogens (primary N) is 1. The van der Waals surface area contributed by atoms with E-state index in [0.29, 0.717) is 36.9 Å². The highest BCUT2D eigenvalue weighted by Crippen LogP contribution is 2.32. The smallest absolute Gasteiger partial charge is 0.185 e. The van der Waals surface area contributed by atoms with Crippen LogP contribution in [0.4, 0.5) is 11.4 Å². The van der Waals surface area contributed by atoms with Gasteiger partial charge >= 0.3 is 0 Å². The summed E-state index contributed by atoms with van der Waals surface area (Å²) in [6, 6.07) is 12.0. The molecule has 0 spiro atoms. The van der Waals surface area contributed by atoms with Gasteiger partial charge in [0.25, 0.3) is 0 Å². The van der Waals surface area contributed by atoms with Gasteiger partial charge in [0, 0.05) is 23.8 Å². The van der Waals surface area contributed by atoms with Crippen LogP contribution >= 0.6 is 11.6 Å². The molecule has 3 rings (SSSR count). The molecule has 8 heteroatoms. The maximum atomic E-state index is 13.0. The summed E-state index contributed by atoms with van der Waals surface area (Å²) < 4.78 is 31.2. The molecule has 1 aliphatic heterocycles. The third kappa shape index (κ3) is 4.00. The molecule has 2 aromatic carbocycles. The zero-order chi connectivity index (χ0) is 17.9. The van der Waals surface area contributed by atoms with Crippen molar-refractivity contribution in [1.29, 1.82) is 0 Å². The summed E-state index contributed by atoms with van der Waals surface area (Å²) in [5.41, 5.74) is 7.00. The zero-order valence-corrected chi connectivity index (χ0v) is 15.1. The number of sulfone groups is 1. The van der Waals surface area contributed by atoms with Gasteiger partial charge in [-0.1, -0.05) is 29.8 Å². The van der Waals surface area contributed by atoms with Crippen molar-refractivity contribution in [3.8, 4) is 0 Å². The molecular weight excluding hydrogens is 362 g/mol. The predicted octanol–water partition coefficient (Wildman–Crippen LogP) is 1.99. The van der Waals surface area contributed by atoms with E-state index in [9.17, 15) is 8.42 Å². The highest BCUT2D eigenvalue weighted by atomic mass is 35.5. The SMILES string of the molecule is [NH2+]=Nc1ccc(N2CCOCC2)cc1S(=O)(=O)Cc1ccccc1Cl. The minimum Gasteiger partial charge on any atom is -0.378 e. The first-order valence-corrected chi connectivity index (χ1v) is 9.88. The molecule has 0 bridgehead atoms. The number of hydrogen-bond donors (Lipinski definition) is 1. The minimum atomic E-state index is -3.66. The maximum Gasteiger partial charge on any atom is 0.185 e. The van der Waals surface area contributed by atoms with Gasteiger partial charge in [-0.05, 0) is 34.9 Å². The molecule has 6 nitrogen and oxygen atoms in total. The van der Waals surface area contributed by atoms with Crippen molar-refractivity contribution in [3.05, 3.63) is 53.1 Å². The topological polar surface area (TPSA) is 84.6 Å². The van der Waals surface area contributed by atoms with E-state index in [0.717, 1.165) is 5.69 Å². The van der Waals surface area contributed by atoms with E-state index in [2.05, 4.69) is 10.0 Å². The largest absolute Gasteiger partial charge is 0.378 e. The summed E-state index contributed by atoms with van der Waals surface area (Å²) in [6.07, 6.45) is 0. The number of halogens is 1. The third-order valence-corrected chi connectivity index (χ3v) is 6.15. The van der Waals surface area contributed by atoms with Crippen molar-refractivity contribution in [2.45, 2.75) is 10.6 Å². The van der Waals surface area contributed by atoms with E-state index in [1.807, 2.05) is 6.07 Å². The van der Waals surface area contributed by atoms with Crippen molar-refractivity contribution < 1.29 is 18.7 Å². The van der Waals surface area contributed by atoms with Gasteiger partial charge in [-0.2, -0.15) is 5.53 Å². The van der Waals surface area contributed by atoms with E-state index in [-0.39, 0.29) is 16.3 Å². The highest BCUT2D eigenvalue weighted by molar-refractivity contribution is 7.90. The Kier molecular flexibility index (Phi) is 5.36. The van der Waals surface area contributed by atoms with E-state index < -0.39 is 9.84 Å². The average molecular weight is 381 g/mol. The van der Waals surface area contributed by atoms with Crippen LogP contribution in [0.5, 0.6) is 0 Å². The van der Waals surface area contributed by atoms with Crippen LogP contribution < -0.4 is 10.4 Å². The fourth-order valence-corrected chi connectivity index (χ4v) is 4.61. The highest BCUT2D eigenvalue weighted by Gasteiger charge is 2.24. The monoisotopic (exact) mass is 380 g/mol. The second-order valence-electron chi connectivity index (χ2n) is 5.73. The summed E-state index contributed by atoms with van der Waals surface area (Å²) in [7, 11) is -3.66. The van der Waals surface area contributed by atoms with Gasteiger partial charge < -0.3 is 9.64 Å². The number of nitrogens with zero attached hydrogens (tertiary/aromatic N) is 2. The molecule has 132 valence electrons. The second-order valence-corrected chi connectivity index (χ2v) is 8.10. The van der Waals surface area contributed by atoms with Crippen molar-refractivity contribution in [2.24, 2.45) is 5.11 Å². The van der Waals surface area contributed by atoms with Gasteiger partial charge in [0.05, 0.1) is 19.0 Å². The van der Waals surface area contributed by atoms with Gasteiger partial charge in [-0.15, -0.1) is 0 Å². The van der Waals surface area contributed by atoms with E-state index in [1.165, 1.54) is 0 Å². The first kappa shape index (κ1) is 17.8. The average Bonchev–Trinajstić information content (AvgIpc) is 2.64. The molecule has 0 unspecified atom stereocenters. The number of benzene rings is 2. The Morgan fingerprint density at radius 2 is 1.88 bits per heavy atom. The minimum absolute atomic E-state index is 0.110. The lowest BCUT2D eigenvalue weighted by Gasteiger charge is -2.29. The van der Waals surface area contributed by atoms with Crippen LogP contribution in [0.25, 0.3) is 0 Å². The lowest BCUT2D eigenvalue weighted by atomic mass is 10.2. The summed E-state index contributed by atoms with van der Waals surface area (Å²) in [6.45, 7) is 2.65. The molecule has 2 aromatic rings. The molecule has 0 aromatic heterocycles.